The molecule has 0 saturated carbocycles. The average Bonchev–Trinajstić information content (AvgIpc) is 3.10. The summed E-state index contributed by atoms with van der Waals surface area (Å²) in [6.07, 6.45) is 8.28. The summed E-state index contributed by atoms with van der Waals surface area (Å²) >= 11 is 3.53. The van der Waals surface area contributed by atoms with E-state index in [9.17, 15) is 0 Å². The van der Waals surface area contributed by atoms with Crippen LogP contribution < -0.4 is 11.5 Å². The zero-order chi connectivity index (χ0) is 15.7. The number of aromatic nitrogens is 5. The Labute approximate surface area is 136 Å². The predicted molar refractivity (Wildman–Crippen MR) is 89.3 cm³/mol. The molecule has 0 saturated heterocycles. The monoisotopic (exact) mass is 363 g/mol. The van der Waals surface area contributed by atoms with Crippen molar-refractivity contribution in [2.45, 2.75) is 19.3 Å². The minimum absolute atomic E-state index is 0.558. The number of nitrogen functional groups attached to an aromatic ring is 1. The number of hydrogen-bond donors (Lipinski definition) is 2. The third kappa shape index (κ3) is 2.59. The number of nitrogens with zero attached hydrogens (tertiary/aromatic N) is 5. The van der Waals surface area contributed by atoms with Gasteiger partial charge >= 0.3 is 0 Å². The Morgan fingerprint density at radius 3 is 2.73 bits per heavy atom. The lowest BCUT2D eigenvalue weighted by molar-refractivity contribution is 0.729. The maximum atomic E-state index is 6.19. The summed E-state index contributed by atoms with van der Waals surface area (Å²) in [5.74, 6) is 0.558. The van der Waals surface area contributed by atoms with Gasteiger partial charge in [-0.25, -0.2) is 4.98 Å². The molecule has 0 atom stereocenters. The van der Waals surface area contributed by atoms with Crippen LogP contribution in [0.5, 0.6) is 0 Å². The van der Waals surface area contributed by atoms with Crippen molar-refractivity contribution < 1.29 is 0 Å². The third-order valence-electron chi connectivity index (χ3n) is 3.57. The summed E-state index contributed by atoms with van der Waals surface area (Å²) < 4.78 is 4.21. The highest BCUT2D eigenvalue weighted by atomic mass is 79.9. The fourth-order valence-corrected chi connectivity index (χ4v) is 2.86. The Morgan fingerprint density at radius 1 is 1.23 bits per heavy atom. The molecule has 0 aromatic carbocycles. The Kier molecular flexibility index (Phi) is 4.12. The van der Waals surface area contributed by atoms with Gasteiger partial charge in [-0.1, -0.05) is 0 Å². The van der Waals surface area contributed by atoms with Gasteiger partial charge in [0.2, 0.25) is 0 Å². The van der Waals surface area contributed by atoms with Crippen LogP contribution in [-0.2, 0) is 13.5 Å². The largest absolute Gasteiger partial charge is 0.383 e. The van der Waals surface area contributed by atoms with Crippen molar-refractivity contribution in [3.8, 4) is 11.1 Å². The third-order valence-corrected chi connectivity index (χ3v) is 4.44. The zero-order valence-corrected chi connectivity index (χ0v) is 13.9. The molecule has 0 amide bonds. The van der Waals surface area contributed by atoms with E-state index in [0.717, 1.165) is 46.2 Å². The number of halogens is 1. The number of anilines is 1. The van der Waals surface area contributed by atoms with Crippen molar-refractivity contribution in [1.29, 1.82) is 0 Å². The zero-order valence-electron chi connectivity index (χ0n) is 12.3. The molecule has 3 aromatic heterocycles. The van der Waals surface area contributed by atoms with Gasteiger partial charge in [0.05, 0.1) is 22.6 Å². The van der Waals surface area contributed by atoms with Crippen molar-refractivity contribution in [3.05, 3.63) is 28.8 Å². The second kappa shape index (κ2) is 6.05. The van der Waals surface area contributed by atoms with E-state index in [-0.39, 0.29) is 0 Å². The Hall–Kier alpha value is -1.93. The number of aryl methyl sites for hydroxylation is 2. The maximum absolute atomic E-state index is 6.19. The molecule has 0 aliphatic rings. The second-order valence-corrected chi connectivity index (χ2v) is 5.99. The van der Waals surface area contributed by atoms with E-state index in [1.54, 1.807) is 21.6 Å². The van der Waals surface area contributed by atoms with Crippen LogP contribution in [0.3, 0.4) is 0 Å². The summed E-state index contributed by atoms with van der Waals surface area (Å²) in [5, 5.41) is 8.54. The number of nitrogens with two attached hydrogens (primary N) is 2. The van der Waals surface area contributed by atoms with Crippen molar-refractivity contribution in [1.82, 2.24) is 24.4 Å². The number of rotatable bonds is 5. The molecule has 0 aliphatic carbocycles. The molecule has 0 bridgehead atoms. The molecule has 3 aromatic rings. The maximum Gasteiger partial charge on any atom is 0.165 e. The smallest absolute Gasteiger partial charge is 0.165 e. The molecule has 8 heteroatoms. The highest BCUT2D eigenvalue weighted by Gasteiger charge is 2.16. The van der Waals surface area contributed by atoms with E-state index in [4.69, 9.17) is 16.5 Å². The molecule has 0 aliphatic heterocycles. The molecule has 22 heavy (non-hydrogen) atoms. The molecule has 116 valence electrons. The van der Waals surface area contributed by atoms with Crippen LogP contribution in [0.15, 0.2) is 23.1 Å². The van der Waals surface area contributed by atoms with Gasteiger partial charge in [-0.2, -0.15) is 14.7 Å². The van der Waals surface area contributed by atoms with Crippen molar-refractivity contribution in [3.63, 3.8) is 0 Å². The first-order chi connectivity index (χ1) is 10.6. The first kappa shape index (κ1) is 15.0. The molecule has 4 N–H and O–H groups in total. The fraction of sp³-hybridized carbons (Fsp3) is 0.357. The van der Waals surface area contributed by atoms with Gasteiger partial charge < -0.3 is 11.5 Å². The van der Waals surface area contributed by atoms with E-state index in [2.05, 4.69) is 26.1 Å². The molecule has 0 spiro atoms. The summed E-state index contributed by atoms with van der Waals surface area (Å²) in [6.45, 7) is 0.683. The summed E-state index contributed by atoms with van der Waals surface area (Å²) in [7, 11) is 1.88. The van der Waals surface area contributed by atoms with Crippen molar-refractivity contribution in [2.75, 3.05) is 12.3 Å². The SMILES string of the molecule is Cn1cc(-c2cnn3c(N)c(Br)c(CCCCN)nc23)cn1. The highest BCUT2D eigenvalue weighted by molar-refractivity contribution is 9.10. The van der Waals surface area contributed by atoms with Gasteiger partial charge in [0.1, 0.15) is 5.82 Å². The van der Waals surface area contributed by atoms with Crippen LogP contribution in [0.1, 0.15) is 18.5 Å². The van der Waals surface area contributed by atoms with Gasteiger partial charge in [0.15, 0.2) is 5.65 Å². The lowest BCUT2D eigenvalue weighted by Gasteiger charge is -2.08. The van der Waals surface area contributed by atoms with Crippen LogP contribution in [0.25, 0.3) is 16.8 Å². The summed E-state index contributed by atoms with van der Waals surface area (Å²) in [5.41, 5.74) is 15.3. The van der Waals surface area contributed by atoms with Crippen molar-refractivity contribution in [2.24, 2.45) is 12.8 Å². The Morgan fingerprint density at radius 2 is 2.05 bits per heavy atom. The number of fused-ring (bicyclic) bond motifs is 1. The number of hydrogen-bond acceptors (Lipinski definition) is 5. The van der Waals surface area contributed by atoms with E-state index < -0.39 is 0 Å². The van der Waals surface area contributed by atoms with Gasteiger partial charge in [-0.15, -0.1) is 0 Å². The van der Waals surface area contributed by atoms with Gasteiger partial charge in [-0.05, 0) is 41.7 Å². The van der Waals surface area contributed by atoms with E-state index in [1.165, 1.54) is 0 Å². The summed E-state index contributed by atoms with van der Waals surface area (Å²) in [6, 6.07) is 0. The molecule has 3 rings (SSSR count). The minimum atomic E-state index is 0.558. The highest BCUT2D eigenvalue weighted by Crippen LogP contribution is 2.30. The molecule has 3 heterocycles. The minimum Gasteiger partial charge on any atom is -0.383 e. The molecule has 0 unspecified atom stereocenters. The Bertz CT molecular complexity index is 805. The lowest BCUT2D eigenvalue weighted by Crippen LogP contribution is -2.06. The number of unbranched alkanes of at least 4 members (excludes halogenated alkanes) is 1. The van der Waals surface area contributed by atoms with Gasteiger partial charge in [0, 0.05) is 24.4 Å². The summed E-state index contributed by atoms with van der Waals surface area (Å²) in [4.78, 5) is 4.75. The lowest BCUT2D eigenvalue weighted by atomic mass is 10.1. The van der Waals surface area contributed by atoms with Crippen LogP contribution in [0.2, 0.25) is 0 Å². The molecular formula is C14H18BrN7. The van der Waals surface area contributed by atoms with Gasteiger partial charge in [0.25, 0.3) is 0 Å². The molecular weight excluding hydrogens is 346 g/mol. The van der Waals surface area contributed by atoms with E-state index in [0.29, 0.717) is 12.4 Å². The molecule has 0 fully saturated rings. The van der Waals surface area contributed by atoms with Crippen molar-refractivity contribution >= 4 is 27.4 Å². The van der Waals surface area contributed by atoms with E-state index >= 15 is 0 Å². The van der Waals surface area contributed by atoms with Crippen LogP contribution in [0.4, 0.5) is 5.82 Å². The average molecular weight is 364 g/mol. The topological polar surface area (TPSA) is 100 Å². The normalized spacial score (nSPS) is 11.4. The van der Waals surface area contributed by atoms with E-state index in [1.807, 2.05) is 13.2 Å². The van der Waals surface area contributed by atoms with Crippen LogP contribution in [0, 0.1) is 0 Å². The Balaban J connectivity index is 2.09. The predicted octanol–water partition coefficient (Wildman–Crippen LogP) is 1.76. The quantitative estimate of drug-likeness (QED) is 0.672. The van der Waals surface area contributed by atoms with Crippen LogP contribution >= 0.6 is 15.9 Å². The van der Waals surface area contributed by atoms with Gasteiger partial charge in [-0.3, -0.25) is 4.68 Å². The first-order valence-corrected chi connectivity index (χ1v) is 7.91. The fourth-order valence-electron chi connectivity index (χ4n) is 2.41. The second-order valence-electron chi connectivity index (χ2n) is 5.20. The first-order valence-electron chi connectivity index (χ1n) is 7.12. The van der Waals surface area contributed by atoms with Crippen LogP contribution in [-0.4, -0.2) is 30.9 Å². The standard InChI is InChI=1S/C14H18BrN7/c1-21-8-9(6-18-21)10-7-19-22-13(17)12(15)11(20-14(10)22)4-2-3-5-16/h6-8H,2-5,16-17H2,1H3. The molecule has 0 radical (unpaired) electrons. The molecule has 7 nitrogen and oxygen atoms in total.